The van der Waals surface area contributed by atoms with Crippen molar-refractivity contribution in [1.82, 2.24) is 15.6 Å². The minimum atomic E-state index is -4.71. The Labute approximate surface area is 227 Å². The molecule has 3 aromatic rings. The Morgan fingerprint density at radius 2 is 1.85 bits per heavy atom. The molecule has 206 valence electrons. The van der Waals surface area contributed by atoms with Gasteiger partial charge in [-0.2, -0.15) is 23.5 Å². The molecule has 10 nitrogen and oxygen atoms in total. The Morgan fingerprint density at radius 3 is 2.58 bits per heavy atom. The van der Waals surface area contributed by atoms with Crippen molar-refractivity contribution in [2.24, 2.45) is 9.98 Å². The Balaban J connectivity index is 1.17. The second-order valence-electron chi connectivity index (χ2n) is 9.50. The number of hydrazine groups is 1. The van der Waals surface area contributed by atoms with Crippen molar-refractivity contribution in [3.05, 3.63) is 70.9 Å². The number of anilines is 3. The van der Waals surface area contributed by atoms with Crippen LogP contribution in [0.5, 0.6) is 0 Å². The third-order valence-electron chi connectivity index (χ3n) is 6.70. The van der Waals surface area contributed by atoms with Gasteiger partial charge < -0.3 is 10.6 Å². The molecule has 1 saturated carbocycles. The monoisotopic (exact) mass is 549 g/mol. The molecule has 5 N–H and O–H groups in total. The van der Waals surface area contributed by atoms with Gasteiger partial charge in [0, 0.05) is 41.6 Å². The van der Waals surface area contributed by atoms with Crippen LogP contribution >= 0.6 is 0 Å². The van der Waals surface area contributed by atoms with Crippen molar-refractivity contribution in [3.8, 4) is 6.07 Å². The standard InChI is InChI=1S/C27H26F3N9O/c28-27(29,30)20-13-16(15-31)5-10-21(20)36-39-25(40)18-6-8-19(9-7-18)33-26-32-12-11-23(35-26)34-24-14-22(37-38-24)17-3-1-2-4-17/h5-10,12-14,17,23,36H,1-4,11H2,(H,33,35)(H,39,40)(H2,34,37,38). The molecule has 5 rings (SSSR count). The summed E-state index contributed by atoms with van der Waals surface area (Å²) < 4.78 is 40.0. The molecular weight excluding hydrogens is 523 g/mol. The van der Waals surface area contributed by atoms with Crippen LogP contribution in [0.15, 0.2) is 58.5 Å². The maximum atomic E-state index is 13.3. The predicted octanol–water partition coefficient (Wildman–Crippen LogP) is 5.40. The minimum Gasteiger partial charge on any atom is -0.347 e. The molecule has 1 fully saturated rings. The summed E-state index contributed by atoms with van der Waals surface area (Å²) in [6.07, 6.45) is 2.24. The molecule has 13 heteroatoms. The molecule has 1 aliphatic heterocycles. The highest BCUT2D eigenvalue weighted by Gasteiger charge is 2.34. The Hall–Kier alpha value is -4.86. The van der Waals surface area contributed by atoms with Crippen molar-refractivity contribution >= 4 is 35.3 Å². The van der Waals surface area contributed by atoms with Gasteiger partial charge in [-0.1, -0.05) is 12.8 Å². The zero-order chi connectivity index (χ0) is 28.1. The number of rotatable bonds is 7. The number of H-pyrrole nitrogens is 1. The number of aliphatic imine (C=N–C) groups is 2. The van der Waals surface area contributed by atoms with Gasteiger partial charge in [0.15, 0.2) is 0 Å². The summed E-state index contributed by atoms with van der Waals surface area (Å²) in [5.41, 5.74) is 4.95. The van der Waals surface area contributed by atoms with Gasteiger partial charge in [0.2, 0.25) is 5.96 Å². The number of carbonyl (C=O) groups excluding carboxylic acids is 1. The number of aromatic amines is 1. The van der Waals surface area contributed by atoms with Crippen molar-refractivity contribution in [2.45, 2.75) is 50.4 Å². The molecule has 2 heterocycles. The lowest BCUT2D eigenvalue weighted by Crippen LogP contribution is -2.30. The largest absolute Gasteiger partial charge is 0.418 e. The number of benzene rings is 2. The molecule has 1 amide bonds. The molecule has 0 saturated heterocycles. The van der Waals surface area contributed by atoms with E-state index >= 15 is 0 Å². The molecule has 1 aromatic heterocycles. The van der Waals surface area contributed by atoms with Crippen LogP contribution in [-0.2, 0) is 6.18 Å². The smallest absolute Gasteiger partial charge is 0.347 e. The van der Waals surface area contributed by atoms with Crippen molar-refractivity contribution in [1.29, 1.82) is 5.26 Å². The first-order valence-electron chi connectivity index (χ1n) is 12.8. The van der Waals surface area contributed by atoms with Crippen LogP contribution in [0.1, 0.15) is 65.2 Å². The maximum absolute atomic E-state index is 13.3. The first-order chi connectivity index (χ1) is 19.3. The third kappa shape index (κ3) is 6.40. The number of nitrogens with zero attached hydrogens (tertiary/aromatic N) is 4. The van der Waals surface area contributed by atoms with Crippen molar-refractivity contribution < 1.29 is 18.0 Å². The first kappa shape index (κ1) is 26.7. The van der Waals surface area contributed by atoms with Crippen LogP contribution in [0.3, 0.4) is 0 Å². The number of hydrogen-bond acceptors (Lipinski definition) is 8. The molecule has 1 aliphatic carbocycles. The van der Waals surface area contributed by atoms with Crippen LogP contribution in [-0.4, -0.2) is 34.4 Å². The normalized spacial score (nSPS) is 17.1. The second-order valence-corrected chi connectivity index (χ2v) is 9.50. The number of guanidine groups is 1. The second kappa shape index (κ2) is 11.5. The summed E-state index contributed by atoms with van der Waals surface area (Å²) in [6, 6.07) is 13.0. The Kier molecular flexibility index (Phi) is 7.68. The zero-order valence-electron chi connectivity index (χ0n) is 21.2. The lowest BCUT2D eigenvalue weighted by molar-refractivity contribution is -0.137. The average Bonchev–Trinajstić information content (AvgIpc) is 3.64. The predicted molar refractivity (Wildman–Crippen MR) is 145 cm³/mol. The molecule has 40 heavy (non-hydrogen) atoms. The van der Waals surface area contributed by atoms with Crippen molar-refractivity contribution in [3.63, 3.8) is 0 Å². The van der Waals surface area contributed by atoms with Gasteiger partial charge in [-0.25, -0.2) is 9.98 Å². The van der Waals surface area contributed by atoms with Crippen LogP contribution in [0, 0.1) is 11.3 Å². The Bertz CT molecular complexity index is 1470. The van der Waals surface area contributed by atoms with Crippen LogP contribution < -0.4 is 21.5 Å². The maximum Gasteiger partial charge on any atom is 0.418 e. The summed E-state index contributed by atoms with van der Waals surface area (Å²) in [7, 11) is 0. The number of nitrogens with one attached hydrogen (secondary N) is 5. The van der Waals surface area contributed by atoms with Gasteiger partial charge in [-0.05, 0) is 55.3 Å². The van der Waals surface area contributed by atoms with Gasteiger partial charge in [0.1, 0.15) is 12.0 Å². The summed E-state index contributed by atoms with van der Waals surface area (Å²) in [4.78, 5) is 21.4. The fourth-order valence-electron chi connectivity index (χ4n) is 4.64. The third-order valence-corrected chi connectivity index (χ3v) is 6.70. The number of nitriles is 1. The number of halogens is 3. The SMILES string of the molecule is N#Cc1ccc(NNC(=O)c2ccc(NC3=NC(Nc4cc(C5CCCC5)[nH]n4)CC=N3)cc2)c(C(F)(F)F)c1. The number of alkyl halides is 3. The molecule has 2 aliphatic rings. The first-order valence-corrected chi connectivity index (χ1v) is 12.8. The molecule has 0 radical (unpaired) electrons. The lowest BCUT2D eigenvalue weighted by Gasteiger charge is -2.17. The molecule has 1 atom stereocenters. The average molecular weight is 550 g/mol. The van der Waals surface area contributed by atoms with Gasteiger partial charge in [0.25, 0.3) is 5.91 Å². The van der Waals surface area contributed by atoms with Crippen LogP contribution in [0.2, 0.25) is 0 Å². The van der Waals surface area contributed by atoms with Gasteiger partial charge >= 0.3 is 6.18 Å². The van der Waals surface area contributed by atoms with Crippen LogP contribution in [0.4, 0.5) is 30.4 Å². The van der Waals surface area contributed by atoms with E-state index in [1.165, 1.54) is 43.9 Å². The number of carbonyl (C=O) groups is 1. The topological polar surface area (TPSA) is 142 Å². The molecule has 0 spiro atoms. The number of hydrogen-bond donors (Lipinski definition) is 5. The minimum absolute atomic E-state index is 0.143. The fraction of sp³-hybridized carbons (Fsp3) is 0.296. The van der Waals surface area contributed by atoms with E-state index in [9.17, 15) is 18.0 Å². The van der Waals surface area contributed by atoms with Crippen LogP contribution in [0.25, 0.3) is 0 Å². The Morgan fingerprint density at radius 1 is 1.07 bits per heavy atom. The van der Waals surface area contributed by atoms with Crippen molar-refractivity contribution in [2.75, 3.05) is 16.1 Å². The molecule has 1 unspecified atom stereocenters. The van der Waals surface area contributed by atoms with Gasteiger partial charge in [0.05, 0.1) is 22.9 Å². The zero-order valence-corrected chi connectivity index (χ0v) is 21.2. The van der Waals surface area contributed by atoms with E-state index in [-0.39, 0.29) is 23.0 Å². The molecule has 2 aromatic carbocycles. The van der Waals surface area contributed by atoms with E-state index in [0.717, 1.165) is 17.6 Å². The quantitative estimate of drug-likeness (QED) is 0.250. The van der Waals surface area contributed by atoms with E-state index < -0.39 is 17.6 Å². The number of amides is 1. The highest BCUT2D eigenvalue weighted by molar-refractivity contribution is 6.00. The van der Waals surface area contributed by atoms with E-state index in [1.54, 1.807) is 24.4 Å². The molecular formula is C27H26F3N9O. The summed E-state index contributed by atoms with van der Waals surface area (Å²) in [6.45, 7) is 0. The summed E-state index contributed by atoms with van der Waals surface area (Å²) >= 11 is 0. The summed E-state index contributed by atoms with van der Waals surface area (Å²) in [5, 5.41) is 22.8. The lowest BCUT2D eigenvalue weighted by atomic mass is 10.0. The van der Waals surface area contributed by atoms with E-state index in [1.807, 2.05) is 6.07 Å². The van der Waals surface area contributed by atoms with E-state index in [0.29, 0.717) is 30.1 Å². The summed E-state index contributed by atoms with van der Waals surface area (Å²) in [5.74, 6) is 1.01. The number of aromatic nitrogens is 2. The highest BCUT2D eigenvalue weighted by atomic mass is 19.4. The fourth-order valence-corrected chi connectivity index (χ4v) is 4.64. The van der Waals surface area contributed by atoms with Gasteiger partial charge in [-0.15, -0.1) is 0 Å². The van der Waals surface area contributed by atoms with E-state index in [4.69, 9.17) is 5.26 Å². The highest BCUT2D eigenvalue weighted by Crippen LogP contribution is 2.35. The van der Waals surface area contributed by atoms with E-state index in [2.05, 4.69) is 41.7 Å². The van der Waals surface area contributed by atoms with Gasteiger partial charge in [-0.3, -0.25) is 20.7 Å². The molecule has 0 bridgehead atoms.